The molecule has 1 amide bonds. The summed E-state index contributed by atoms with van der Waals surface area (Å²) in [7, 11) is 0. The highest BCUT2D eigenvalue weighted by atomic mass is 32.2. The lowest BCUT2D eigenvalue weighted by Gasteiger charge is -1.92. The maximum absolute atomic E-state index is 10.7. The topological polar surface area (TPSA) is 41.5 Å². The molecule has 1 aliphatic heterocycles. The molecular weight excluding hydrogens is 160 g/mol. The molecule has 4 heteroatoms. The van der Waals surface area contributed by atoms with Crippen molar-refractivity contribution in [2.75, 3.05) is 5.75 Å². The van der Waals surface area contributed by atoms with Crippen LogP contribution in [0.25, 0.3) is 0 Å². The zero-order chi connectivity index (χ0) is 7.84. The Labute approximate surface area is 69.6 Å². The number of nitrogens with zero attached hydrogens (tertiary/aromatic N) is 1. The van der Waals surface area contributed by atoms with Gasteiger partial charge in [0.2, 0.25) is 5.91 Å². The molecule has 0 aromatic carbocycles. The monoisotopic (exact) mass is 170 g/mol. The molecule has 1 N–H and O–H groups in total. The van der Waals surface area contributed by atoms with Gasteiger partial charge < -0.3 is 5.32 Å². The van der Waals surface area contributed by atoms with Crippen LogP contribution in [0, 0.1) is 5.92 Å². The van der Waals surface area contributed by atoms with Crippen LogP contribution in [0.4, 0.5) is 0 Å². The maximum atomic E-state index is 10.7. The first-order valence-corrected chi connectivity index (χ1v) is 4.75. The molecule has 0 unspecified atom stereocenters. The van der Waals surface area contributed by atoms with E-state index in [1.807, 2.05) is 0 Å². The Balaban J connectivity index is 1.95. The van der Waals surface area contributed by atoms with Crippen molar-refractivity contribution in [2.24, 2.45) is 10.9 Å². The fourth-order valence-electron chi connectivity index (χ4n) is 1.03. The molecule has 2 fully saturated rings. The normalized spacial score (nSPS) is 39.4. The summed E-state index contributed by atoms with van der Waals surface area (Å²) >= 11 is 1.51. The van der Waals surface area contributed by atoms with E-state index in [4.69, 9.17) is 0 Å². The third-order valence-corrected chi connectivity index (χ3v) is 2.82. The minimum absolute atomic E-state index is 0.0852. The Kier molecular flexibility index (Phi) is 1.64. The molecule has 1 aliphatic carbocycles. The first kappa shape index (κ1) is 7.16. The number of rotatable bonds is 1. The average molecular weight is 170 g/mol. The van der Waals surface area contributed by atoms with Crippen LogP contribution in [0.15, 0.2) is 4.99 Å². The number of aliphatic imine (C=N–C) groups is 1. The Morgan fingerprint density at radius 3 is 2.91 bits per heavy atom. The Bertz CT molecular complexity index is 226. The molecule has 0 spiro atoms. The molecule has 1 saturated heterocycles. The van der Waals surface area contributed by atoms with Crippen molar-refractivity contribution in [2.45, 2.75) is 19.4 Å². The van der Waals surface area contributed by atoms with Gasteiger partial charge in [-0.25, -0.2) is 0 Å². The number of amides is 1. The number of thioether (sulfide) groups is 1. The van der Waals surface area contributed by atoms with Gasteiger partial charge in [0, 0.05) is 0 Å². The Morgan fingerprint density at radius 2 is 2.45 bits per heavy atom. The quantitative estimate of drug-likeness (QED) is 0.626. The zero-order valence-electron chi connectivity index (χ0n) is 6.33. The summed E-state index contributed by atoms with van der Waals surface area (Å²) in [4.78, 5) is 15.1. The van der Waals surface area contributed by atoms with E-state index < -0.39 is 0 Å². The summed E-state index contributed by atoms with van der Waals surface area (Å²) < 4.78 is 0. The van der Waals surface area contributed by atoms with Crippen LogP contribution in [0.5, 0.6) is 0 Å². The van der Waals surface area contributed by atoms with Crippen molar-refractivity contribution >= 4 is 22.8 Å². The molecule has 2 atom stereocenters. The minimum atomic E-state index is 0.0852. The largest absolute Gasteiger partial charge is 0.305 e. The van der Waals surface area contributed by atoms with Crippen molar-refractivity contribution < 1.29 is 4.79 Å². The molecule has 2 aliphatic rings. The number of nitrogens with one attached hydrogen (secondary N) is 1. The van der Waals surface area contributed by atoms with Crippen molar-refractivity contribution in [3.05, 3.63) is 0 Å². The molecule has 0 aromatic rings. The van der Waals surface area contributed by atoms with Crippen LogP contribution in [-0.4, -0.2) is 22.9 Å². The fourth-order valence-corrected chi connectivity index (χ4v) is 1.76. The summed E-state index contributed by atoms with van der Waals surface area (Å²) in [6.07, 6.45) is 1.18. The molecule has 0 aromatic heterocycles. The van der Waals surface area contributed by atoms with E-state index in [1.165, 1.54) is 18.2 Å². The summed E-state index contributed by atoms with van der Waals surface area (Å²) in [5.41, 5.74) is 0. The van der Waals surface area contributed by atoms with Crippen molar-refractivity contribution in [1.82, 2.24) is 5.32 Å². The van der Waals surface area contributed by atoms with Gasteiger partial charge in [-0.15, -0.1) is 0 Å². The Morgan fingerprint density at radius 1 is 1.73 bits per heavy atom. The second-order valence-corrected chi connectivity index (χ2v) is 4.02. The van der Waals surface area contributed by atoms with Crippen molar-refractivity contribution in [3.63, 3.8) is 0 Å². The summed E-state index contributed by atoms with van der Waals surface area (Å²) in [6, 6.07) is 0.482. The molecule has 2 rings (SSSR count). The number of hydrogen-bond donors (Lipinski definition) is 1. The van der Waals surface area contributed by atoms with Crippen LogP contribution < -0.4 is 5.32 Å². The zero-order valence-corrected chi connectivity index (χ0v) is 7.15. The average Bonchev–Trinajstić information content (AvgIpc) is 2.42. The number of hydrogen-bond acceptors (Lipinski definition) is 3. The van der Waals surface area contributed by atoms with Gasteiger partial charge in [0.15, 0.2) is 5.17 Å². The van der Waals surface area contributed by atoms with Gasteiger partial charge in [0.05, 0.1) is 11.8 Å². The number of amidine groups is 1. The molecule has 1 heterocycles. The van der Waals surface area contributed by atoms with E-state index in [0.29, 0.717) is 11.8 Å². The minimum Gasteiger partial charge on any atom is -0.305 e. The molecule has 11 heavy (non-hydrogen) atoms. The van der Waals surface area contributed by atoms with E-state index in [-0.39, 0.29) is 5.91 Å². The second-order valence-electron chi connectivity index (χ2n) is 3.05. The van der Waals surface area contributed by atoms with Crippen LogP contribution in [0.3, 0.4) is 0 Å². The van der Waals surface area contributed by atoms with Gasteiger partial charge in [-0.2, -0.15) is 0 Å². The Hall–Kier alpha value is -0.510. The summed E-state index contributed by atoms with van der Waals surface area (Å²) in [6.45, 7) is 2.18. The molecule has 0 bridgehead atoms. The lowest BCUT2D eigenvalue weighted by Crippen LogP contribution is -2.20. The van der Waals surface area contributed by atoms with Gasteiger partial charge in [-0.05, 0) is 12.3 Å². The molecule has 3 nitrogen and oxygen atoms in total. The van der Waals surface area contributed by atoms with E-state index in [9.17, 15) is 4.79 Å². The molecule has 60 valence electrons. The molecule has 1 saturated carbocycles. The lowest BCUT2D eigenvalue weighted by molar-refractivity contribution is -0.116. The maximum Gasteiger partial charge on any atom is 0.236 e. The van der Waals surface area contributed by atoms with Crippen LogP contribution >= 0.6 is 11.8 Å². The highest BCUT2D eigenvalue weighted by molar-refractivity contribution is 8.15. The van der Waals surface area contributed by atoms with E-state index in [1.54, 1.807) is 0 Å². The highest BCUT2D eigenvalue weighted by Gasteiger charge is 2.33. The van der Waals surface area contributed by atoms with Gasteiger partial charge in [0.25, 0.3) is 0 Å². The second kappa shape index (κ2) is 2.52. The van der Waals surface area contributed by atoms with Gasteiger partial charge in [-0.1, -0.05) is 18.7 Å². The standard InChI is InChI=1S/C7H10N2OS/c1-4-2-5(4)8-7-9-6(10)3-11-7/h4-5H,2-3H2,1H3,(H,8,9,10)/t4-,5-/m1/s1. The van der Waals surface area contributed by atoms with E-state index >= 15 is 0 Å². The smallest absolute Gasteiger partial charge is 0.236 e. The fraction of sp³-hybridized carbons (Fsp3) is 0.714. The first-order valence-electron chi connectivity index (χ1n) is 3.76. The molecular formula is C7H10N2OS. The van der Waals surface area contributed by atoms with E-state index in [2.05, 4.69) is 17.2 Å². The van der Waals surface area contributed by atoms with Gasteiger partial charge >= 0.3 is 0 Å². The van der Waals surface area contributed by atoms with Crippen LogP contribution in [0.1, 0.15) is 13.3 Å². The first-order chi connectivity index (χ1) is 5.25. The third-order valence-electron chi connectivity index (χ3n) is 1.94. The predicted octanol–water partition coefficient (Wildman–Crippen LogP) is 0.614. The van der Waals surface area contributed by atoms with Crippen molar-refractivity contribution in [1.29, 1.82) is 0 Å². The number of carbonyl (C=O) groups is 1. The summed E-state index contributed by atoms with van der Waals surface area (Å²) in [5, 5.41) is 3.54. The van der Waals surface area contributed by atoms with E-state index in [0.717, 1.165) is 11.1 Å². The third kappa shape index (κ3) is 1.56. The van der Waals surface area contributed by atoms with Crippen LogP contribution in [0.2, 0.25) is 0 Å². The lowest BCUT2D eigenvalue weighted by atomic mass is 10.5. The number of carbonyl (C=O) groups excluding carboxylic acids is 1. The van der Waals surface area contributed by atoms with Crippen molar-refractivity contribution in [3.8, 4) is 0 Å². The highest BCUT2D eigenvalue weighted by Crippen LogP contribution is 2.33. The van der Waals surface area contributed by atoms with Crippen LogP contribution in [-0.2, 0) is 4.79 Å². The summed E-state index contributed by atoms with van der Waals surface area (Å²) in [5.74, 6) is 1.35. The predicted molar refractivity (Wildman–Crippen MR) is 45.6 cm³/mol. The molecule has 0 radical (unpaired) electrons. The van der Waals surface area contributed by atoms with Gasteiger partial charge in [0.1, 0.15) is 0 Å². The van der Waals surface area contributed by atoms with Gasteiger partial charge in [-0.3, -0.25) is 9.79 Å². The SMILES string of the molecule is C[C@@H]1C[C@H]1N=C1NC(=O)CS1.